The Morgan fingerprint density at radius 1 is 1.42 bits per heavy atom. The van der Waals surface area contributed by atoms with Gasteiger partial charge < -0.3 is 0 Å². The second-order valence-corrected chi connectivity index (χ2v) is 3.06. The van der Waals surface area contributed by atoms with Crippen LogP contribution in [0.2, 0.25) is 0 Å². The second-order valence-electron chi connectivity index (χ2n) is 2.72. The Balaban J connectivity index is 3.37. The van der Waals surface area contributed by atoms with E-state index in [1.807, 2.05) is 0 Å². The third kappa shape index (κ3) is 1.64. The van der Waals surface area contributed by atoms with Gasteiger partial charge >= 0.3 is 0 Å². The van der Waals surface area contributed by atoms with Crippen LogP contribution < -0.4 is 0 Å². The summed E-state index contributed by atoms with van der Waals surface area (Å²) < 4.78 is 13.1. The van der Waals surface area contributed by atoms with E-state index >= 15 is 0 Å². The van der Waals surface area contributed by atoms with Crippen LogP contribution in [0.15, 0.2) is 12.1 Å². The molecule has 0 aromatic heterocycles. The summed E-state index contributed by atoms with van der Waals surface area (Å²) >= 11 is 5.17. The van der Waals surface area contributed by atoms with E-state index in [2.05, 4.69) is 0 Å². The van der Waals surface area contributed by atoms with Crippen molar-refractivity contribution in [1.82, 2.24) is 0 Å². The average molecular weight is 187 g/mol. The first-order valence-electron chi connectivity index (χ1n) is 3.49. The summed E-state index contributed by atoms with van der Waals surface area (Å²) in [6.45, 7) is 3.39. The van der Waals surface area contributed by atoms with E-state index < -0.39 is 11.1 Å². The Morgan fingerprint density at radius 3 is 2.50 bits per heavy atom. The van der Waals surface area contributed by atoms with Gasteiger partial charge in [0.1, 0.15) is 5.82 Å². The van der Waals surface area contributed by atoms with Crippen molar-refractivity contribution in [3.8, 4) is 0 Å². The number of hydrogen-bond donors (Lipinski definition) is 0. The lowest BCUT2D eigenvalue weighted by atomic mass is 10.1. The molecule has 0 radical (unpaired) electrons. The third-order valence-corrected chi connectivity index (χ3v) is 1.81. The molecule has 1 rings (SSSR count). The highest BCUT2D eigenvalue weighted by atomic mass is 35.5. The first-order chi connectivity index (χ1) is 5.52. The van der Waals surface area contributed by atoms with Gasteiger partial charge in [-0.1, -0.05) is 6.07 Å². The molecular weight excluding hydrogens is 179 g/mol. The summed E-state index contributed by atoms with van der Waals surface area (Å²) in [7, 11) is 0. The zero-order chi connectivity index (χ0) is 9.30. The Kier molecular flexibility index (Phi) is 2.48. The molecule has 3 heteroatoms. The molecule has 0 fully saturated rings. The lowest BCUT2D eigenvalue weighted by molar-refractivity contribution is 0.107. The molecule has 0 bridgehead atoms. The Morgan fingerprint density at radius 2 is 2.00 bits per heavy atom. The predicted octanol–water partition coefficient (Wildman–Crippen LogP) is 2.82. The van der Waals surface area contributed by atoms with Gasteiger partial charge in [0, 0.05) is 0 Å². The fourth-order valence-corrected chi connectivity index (χ4v) is 1.23. The van der Waals surface area contributed by atoms with E-state index in [4.69, 9.17) is 11.6 Å². The number of carbonyl (C=O) groups is 1. The van der Waals surface area contributed by atoms with Gasteiger partial charge in [0.05, 0.1) is 5.56 Å². The van der Waals surface area contributed by atoms with Crippen LogP contribution in [0.5, 0.6) is 0 Å². The third-order valence-electron chi connectivity index (χ3n) is 1.61. The van der Waals surface area contributed by atoms with Gasteiger partial charge in [0.25, 0.3) is 5.24 Å². The smallest absolute Gasteiger partial charge is 0.255 e. The minimum absolute atomic E-state index is 0.0471. The molecule has 0 amide bonds. The van der Waals surface area contributed by atoms with Crippen molar-refractivity contribution < 1.29 is 9.18 Å². The first-order valence-corrected chi connectivity index (χ1v) is 3.86. The number of aryl methyl sites for hydroxylation is 2. The molecule has 0 spiro atoms. The van der Waals surface area contributed by atoms with Crippen molar-refractivity contribution in [3.63, 3.8) is 0 Å². The SMILES string of the molecule is Cc1cc(C)c(F)c(C(=O)Cl)c1. The fourth-order valence-electron chi connectivity index (χ4n) is 1.09. The van der Waals surface area contributed by atoms with Gasteiger partial charge in [-0.3, -0.25) is 4.79 Å². The summed E-state index contributed by atoms with van der Waals surface area (Å²) in [5, 5.41) is -0.751. The molecule has 0 aliphatic rings. The van der Waals surface area contributed by atoms with Gasteiger partial charge in [-0.2, -0.15) is 0 Å². The number of benzene rings is 1. The first kappa shape index (κ1) is 9.20. The molecular formula is C9H8ClFO. The molecule has 0 N–H and O–H groups in total. The minimum Gasteiger partial charge on any atom is -0.275 e. The highest BCUT2D eigenvalue weighted by molar-refractivity contribution is 6.67. The highest BCUT2D eigenvalue weighted by Gasteiger charge is 2.11. The van der Waals surface area contributed by atoms with Gasteiger partial charge in [0.15, 0.2) is 0 Å². The van der Waals surface area contributed by atoms with E-state index in [-0.39, 0.29) is 5.56 Å². The van der Waals surface area contributed by atoms with Crippen molar-refractivity contribution in [1.29, 1.82) is 0 Å². The fraction of sp³-hybridized carbons (Fsp3) is 0.222. The molecule has 0 aliphatic carbocycles. The molecule has 64 valence electrons. The molecule has 0 heterocycles. The van der Waals surface area contributed by atoms with E-state index in [0.29, 0.717) is 5.56 Å². The van der Waals surface area contributed by atoms with Crippen molar-refractivity contribution in [2.45, 2.75) is 13.8 Å². The van der Waals surface area contributed by atoms with E-state index in [1.165, 1.54) is 6.07 Å². The summed E-state index contributed by atoms with van der Waals surface area (Å²) in [5.74, 6) is -0.527. The molecule has 1 nitrogen and oxygen atoms in total. The van der Waals surface area contributed by atoms with Gasteiger partial charge in [-0.05, 0) is 42.6 Å². The lowest BCUT2D eigenvalue weighted by Crippen LogP contribution is -1.97. The molecule has 0 saturated heterocycles. The Bertz CT molecular complexity index is 334. The molecule has 12 heavy (non-hydrogen) atoms. The quantitative estimate of drug-likeness (QED) is 0.617. The normalized spacial score (nSPS) is 10.0. The highest BCUT2D eigenvalue weighted by Crippen LogP contribution is 2.16. The lowest BCUT2D eigenvalue weighted by Gasteiger charge is -2.02. The molecule has 1 aromatic rings. The van der Waals surface area contributed by atoms with Crippen LogP contribution in [0.3, 0.4) is 0 Å². The summed E-state index contributed by atoms with van der Waals surface area (Å²) in [5.41, 5.74) is 1.23. The molecule has 0 aliphatic heterocycles. The van der Waals surface area contributed by atoms with Crippen LogP contribution in [0, 0.1) is 19.7 Å². The van der Waals surface area contributed by atoms with Gasteiger partial charge in [0.2, 0.25) is 0 Å². The summed E-state index contributed by atoms with van der Waals surface area (Å²) in [6, 6.07) is 3.11. The van der Waals surface area contributed by atoms with Crippen LogP contribution >= 0.6 is 11.6 Å². The van der Waals surface area contributed by atoms with Crippen molar-refractivity contribution in [2.75, 3.05) is 0 Å². The minimum atomic E-state index is -0.751. The topological polar surface area (TPSA) is 17.1 Å². The number of halogens is 2. The average Bonchev–Trinajstić information content (AvgIpc) is 1.96. The van der Waals surface area contributed by atoms with Crippen LogP contribution in [0.25, 0.3) is 0 Å². The molecule has 1 aromatic carbocycles. The van der Waals surface area contributed by atoms with Crippen LogP contribution in [-0.2, 0) is 0 Å². The molecule has 0 saturated carbocycles. The predicted molar refractivity (Wildman–Crippen MR) is 46.1 cm³/mol. The standard InChI is InChI=1S/C9H8ClFO/c1-5-3-6(2)8(11)7(4-5)9(10)12/h3-4H,1-2H3. The molecule has 0 unspecified atom stereocenters. The van der Waals surface area contributed by atoms with Crippen LogP contribution in [-0.4, -0.2) is 5.24 Å². The Labute approximate surface area is 75.2 Å². The summed E-state index contributed by atoms with van der Waals surface area (Å²) in [6.07, 6.45) is 0. The van der Waals surface area contributed by atoms with Crippen LogP contribution in [0.1, 0.15) is 21.5 Å². The number of rotatable bonds is 1. The second kappa shape index (κ2) is 3.23. The number of carbonyl (C=O) groups excluding carboxylic acids is 1. The largest absolute Gasteiger partial charge is 0.275 e. The summed E-state index contributed by atoms with van der Waals surface area (Å²) in [4.78, 5) is 10.7. The van der Waals surface area contributed by atoms with Crippen molar-refractivity contribution in [2.24, 2.45) is 0 Å². The van der Waals surface area contributed by atoms with Gasteiger partial charge in [-0.15, -0.1) is 0 Å². The maximum Gasteiger partial charge on any atom is 0.255 e. The Hall–Kier alpha value is -0.890. The zero-order valence-electron chi connectivity index (χ0n) is 6.82. The van der Waals surface area contributed by atoms with Gasteiger partial charge in [-0.25, -0.2) is 4.39 Å². The maximum atomic E-state index is 13.1. The van der Waals surface area contributed by atoms with Crippen LogP contribution in [0.4, 0.5) is 4.39 Å². The van der Waals surface area contributed by atoms with Crippen molar-refractivity contribution in [3.05, 3.63) is 34.6 Å². The molecule has 0 atom stereocenters. The van der Waals surface area contributed by atoms with E-state index in [1.54, 1.807) is 19.9 Å². The van der Waals surface area contributed by atoms with E-state index in [0.717, 1.165) is 5.56 Å². The number of hydrogen-bond acceptors (Lipinski definition) is 1. The van der Waals surface area contributed by atoms with Crippen molar-refractivity contribution >= 4 is 16.8 Å². The maximum absolute atomic E-state index is 13.1. The van der Waals surface area contributed by atoms with E-state index in [9.17, 15) is 9.18 Å². The monoisotopic (exact) mass is 186 g/mol. The zero-order valence-corrected chi connectivity index (χ0v) is 7.57.